The molecule has 0 amide bonds. The van der Waals surface area contributed by atoms with Gasteiger partial charge in [-0.1, -0.05) is 18.2 Å². The van der Waals surface area contributed by atoms with E-state index in [1.807, 2.05) is 36.5 Å². The first kappa shape index (κ1) is 20.3. The molecule has 1 aromatic heterocycles. The smallest absolute Gasteiger partial charge is 0.356 e. The second-order valence-corrected chi connectivity index (χ2v) is 4.80. The molecule has 1 heterocycles. The molecule has 0 fully saturated rings. The van der Waals surface area contributed by atoms with Gasteiger partial charge in [-0.25, -0.2) is 4.68 Å². The average molecular weight is 453 g/mol. The van der Waals surface area contributed by atoms with E-state index >= 15 is 0 Å². The van der Waals surface area contributed by atoms with E-state index in [1.165, 1.54) is 7.05 Å². The van der Waals surface area contributed by atoms with Gasteiger partial charge in [0.05, 0.1) is 12.1 Å². The maximum Gasteiger partial charge on any atom is 0.390 e. The Morgan fingerprint density at radius 1 is 1.21 bits per heavy atom. The monoisotopic (exact) mass is 453 g/mol. The van der Waals surface area contributed by atoms with E-state index in [1.54, 1.807) is 10.9 Å². The number of aromatic nitrogens is 2. The highest BCUT2D eigenvalue weighted by atomic mass is 127. The van der Waals surface area contributed by atoms with Crippen LogP contribution >= 0.6 is 24.0 Å². The zero-order valence-corrected chi connectivity index (χ0v) is 15.4. The van der Waals surface area contributed by atoms with E-state index in [9.17, 15) is 13.2 Å². The third kappa shape index (κ3) is 6.38. The summed E-state index contributed by atoms with van der Waals surface area (Å²) in [6.07, 6.45) is -1.58. The summed E-state index contributed by atoms with van der Waals surface area (Å²) in [6.45, 7) is 0.200. The summed E-state index contributed by atoms with van der Waals surface area (Å²) in [4.78, 5) is 3.92. The van der Waals surface area contributed by atoms with Gasteiger partial charge in [-0.15, -0.1) is 24.0 Å². The summed E-state index contributed by atoms with van der Waals surface area (Å²) in [5, 5.41) is 9.84. The predicted molar refractivity (Wildman–Crippen MR) is 97.9 cm³/mol. The van der Waals surface area contributed by atoms with Crippen molar-refractivity contribution < 1.29 is 13.2 Å². The number of aliphatic imine (C=N–C) groups is 1. The third-order valence-electron chi connectivity index (χ3n) is 3.11. The molecule has 2 aromatic rings. The Hall–Kier alpha value is -1.78. The molecule has 0 aliphatic rings. The molecule has 0 bridgehead atoms. The van der Waals surface area contributed by atoms with E-state index in [2.05, 4.69) is 20.7 Å². The van der Waals surface area contributed by atoms with Crippen LogP contribution in [0.4, 0.5) is 13.2 Å². The van der Waals surface area contributed by atoms with Crippen molar-refractivity contribution in [2.75, 3.05) is 13.6 Å². The van der Waals surface area contributed by atoms with Crippen LogP contribution in [-0.2, 0) is 6.54 Å². The minimum Gasteiger partial charge on any atom is -0.356 e. The lowest BCUT2D eigenvalue weighted by atomic mass is 10.2. The lowest BCUT2D eigenvalue weighted by molar-refractivity contribution is -0.132. The summed E-state index contributed by atoms with van der Waals surface area (Å²) < 4.78 is 38.2. The van der Waals surface area contributed by atoms with Crippen LogP contribution in [0.1, 0.15) is 12.0 Å². The fraction of sp³-hybridized carbons (Fsp3) is 0.333. The zero-order chi connectivity index (χ0) is 16.7. The molecule has 0 radical (unpaired) electrons. The maximum atomic E-state index is 12.2. The number of halogens is 4. The van der Waals surface area contributed by atoms with Gasteiger partial charge in [0.2, 0.25) is 0 Å². The molecule has 1 aromatic carbocycles. The van der Waals surface area contributed by atoms with Gasteiger partial charge >= 0.3 is 6.18 Å². The fourth-order valence-electron chi connectivity index (χ4n) is 2.02. The molecule has 0 saturated carbocycles. The van der Waals surface area contributed by atoms with Crippen molar-refractivity contribution in [2.45, 2.75) is 19.1 Å². The first-order chi connectivity index (χ1) is 11.0. The topological polar surface area (TPSA) is 54.2 Å². The Morgan fingerprint density at radius 2 is 1.96 bits per heavy atom. The van der Waals surface area contributed by atoms with Crippen LogP contribution in [0.3, 0.4) is 0 Å². The average Bonchev–Trinajstić information content (AvgIpc) is 3.04. The number of nitrogens with one attached hydrogen (secondary N) is 2. The molecule has 5 nitrogen and oxygen atoms in total. The molecule has 2 rings (SSSR count). The van der Waals surface area contributed by atoms with E-state index in [-0.39, 0.29) is 30.5 Å². The van der Waals surface area contributed by atoms with E-state index < -0.39 is 12.6 Å². The highest BCUT2D eigenvalue weighted by molar-refractivity contribution is 14.0. The first-order valence-corrected chi connectivity index (χ1v) is 7.09. The molecule has 2 N–H and O–H groups in total. The number of hydrogen-bond acceptors (Lipinski definition) is 2. The van der Waals surface area contributed by atoms with Crippen LogP contribution in [0.15, 0.2) is 47.7 Å². The summed E-state index contributed by atoms with van der Waals surface area (Å²) in [5.74, 6) is 0.324. The van der Waals surface area contributed by atoms with Gasteiger partial charge in [-0.2, -0.15) is 18.3 Å². The number of guanidine groups is 1. The molecule has 0 aliphatic carbocycles. The van der Waals surface area contributed by atoms with Gasteiger partial charge in [0.1, 0.15) is 0 Å². The van der Waals surface area contributed by atoms with Gasteiger partial charge in [0, 0.05) is 32.5 Å². The molecule has 132 valence electrons. The van der Waals surface area contributed by atoms with Crippen molar-refractivity contribution in [3.63, 3.8) is 0 Å². The van der Waals surface area contributed by atoms with Gasteiger partial charge in [-0.05, 0) is 17.7 Å². The highest BCUT2D eigenvalue weighted by Crippen LogP contribution is 2.18. The maximum absolute atomic E-state index is 12.2. The predicted octanol–water partition coefficient (Wildman–Crippen LogP) is 3.11. The number of rotatable bonds is 5. The molecular formula is C15H19F3IN5. The van der Waals surface area contributed by atoms with Gasteiger partial charge in [0.25, 0.3) is 0 Å². The molecule has 24 heavy (non-hydrogen) atoms. The Morgan fingerprint density at radius 3 is 2.58 bits per heavy atom. The summed E-state index contributed by atoms with van der Waals surface area (Å²) in [7, 11) is 1.52. The minimum absolute atomic E-state index is 0. The number of hydrogen-bond donors (Lipinski definition) is 2. The van der Waals surface area contributed by atoms with Crippen LogP contribution < -0.4 is 10.6 Å². The van der Waals surface area contributed by atoms with Crippen molar-refractivity contribution in [3.8, 4) is 5.69 Å². The lowest BCUT2D eigenvalue weighted by Gasteiger charge is -2.14. The summed E-state index contributed by atoms with van der Waals surface area (Å²) in [6, 6.07) is 9.46. The van der Waals surface area contributed by atoms with E-state index in [0.29, 0.717) is 12.5 Å². The molecule has 0 atom stereocenters. The SMILES string of the molecule is CN=C(NCCC(F)(F)F)NCc1ccccc1-n1cccn1.I. The Labute approximate surface area is 155 Å². The lowest BCUT2D eigenvalue weighted by Crippen LogP contribution is -2.38. The zero-order valence-electron chi connectivity index (χ0n) is 13.0. The number of para-hydroxylation sites is 1. The molecule has 9 heteroatoms. The summed E-state index contributed by atoms with van der Waals surface area (Å²) in [5.41, 5.74) is 1.85. The molecule has 0 saturated heterocycles. The molecule has 0 aliphatic heterocycles. The van der Waals surface area contributed by atoms with Gasteiger partial charge in [-0.3, -0.25) is 4.99 Å². The quantitative estimate of drug-likeness (QED) is 0.416. The van der Waals surface area contributed by atoms with Crippen molar-refractivity contribution in [3.05, 3.63) is 48.3 Å². The number of alkyl halides is 3. The first-order valence-electron chi connectivity index (χ1n) is 7.09. The van der Waals surface area contributed by atoms with Crippen LogP contribution in [0.2, 0.25) is 0 Å². The third-order valence-corrected chi connectivity index (χ3v) is 3.11. The molecule has 0 spiro atoms. The van der Waals surface area contributed by atoms with Crippen LogP contribution in [0.5, 0.6) is 0 Å². The van der Waals surface area contributed by atoms with Crippen molar-refractivity contribution in [1.29, 1.82) is 0 Å². The van der Waals surface area contributed by atoms with Crippen molar-refractivity contribution >= 4 is 29.9 Å². The van der Waals surface area contributed by atoms with Gasteiger partial charge in [0.15, 0.2) is 5.96 Å². The number of benzene rings is 1. The Bertz CT molecular complexity index is 641. The number of nitrogens with zero attached hydrogens (tertiary/aromatic N) is 3. The Kier molecular flexibility index (Phi) is 8.02. The molecule has 0 unspecified atom stereocenters. The van der Waals surface area contributed by atoms with Crippen molar-refractivity contribution in [1.82, 2.24) is 20.4 Å². The Balaban J connectivity index is 0.00000288. The van der Waals surface area contributed by atoms with Gasteiger partial charge < -0.3 is 10.6 Å². The van der Waals surface area contributed by atoms with E-state index in [4.69, 9.17) is 0 Å². The standard InChI is InChI=1S/C15H18F3N5.HI/c1-19-14(20-9-7-15(16,17)18)21-11-12-5-2-3-6-13(12)23-10-4-8-22-23;/h2-6,8,10H,7,9,11H2,1H3,(H2,19,20,21);1H. The van der Waals surface area contributed by atoms with E-state index in [0.717, 1.165) is 11.3 Å². The fourth-order valence-corrected chi connectivity index (χ4v) is 2.02. The minimum atomic E-state index is -4.18. The molecular weight excluding hydrogens is 434 g/mol. The largest absolute Gasteiger partial charge is 0.390 e. The second kappa shape index (κ2) is 9.50. The van der Waals surface area contributed by atoms with Crippen LogP contribution in [0.25, 0.3) is 5.69 Å². The van der Waals surface area contributed by atoms with Crippen LogP contribution in [0, 0.1) is 0 Å². The van der Waals surface area contributed by atoms with Crippen LogP contribution in [-0.4, -0.2) is 35.5 Å². The normalized spacial score (nSPS) is 11.8. The van der Waals surface area contributed by atoms with Crippen molar-refractivity contribution in [2.24, 2.45) is 4.99 Å². The highest BCUT2D eigenvalue weighted by Gasteiger charge is 2.26. The second-order valence-electron chi connectivity index (χ2n) is 4.80. The summed E-state index contributed by atoms with van der Waals surface area (Å²) >= 11 is 0.